The molecule has 0 saturated carbocycles. The smallest absolute Gasteiger partial charge is 0.312 e. The third kappa shape index (κ3) is 4.63. The van der Waals surface area contributed by atoms with Gasteiger partial charge >= 0.3 is 5.97 Å². The molecule has 0 amide bonds. The van der Waals surface area contributed by atoms with Gasteiger partial charge in [0.25, 0.3) is 0 Å². The van der Waals surface area contributed by atoms with E-state index >= 15 is 0 Å². The summed E-state index contributed by atoms with van der Waals surface area (Å²) in [6, 6.07) is 15.1. The van der Waals surface area contributed by atoms with Crippen LogP contribution in [0.25, 0.3) is 0 Å². The Balaban J connectivity index is 1.85. The molecule has 2 aromatic carbocycles. The van der Waals surface area contributed by atoms with E-state index in [1.54, 1.807) is 32.2 Å². The Morgan fingerprint density at radius 3 is 2.50 bits per heavy atom. The Hall–Kier alpha value is -2.90. The van der Waals surface area contributed by atoms with Crippen molar-refractivity contribution in [3.63, 3.8) is 0 Å². The first-order chi connectivity index (χ1) is 14.6. The van der Waals surface area contributed by atoms with E-state index in [1.807, 2.05) is 30.3 Å². The van der Waals surface area contributed by atoms with Gasteiger partial charge < -0.3 is 28.5 Å². The average Bonchev–Trinajstić information content (AvgIpc) is 3.17. The van der Waals surface area contributed by atoms with E-state index in [2.05, 4.69) is 0 Å². The minimum absolute atomic E-state index is 0.209. The standard InChI is InChI=1S/C23H26O7/c1-4-28-22(25)20-17(13-24)23(27-3)30-21(20)16-10-11-18(19(12-16)26-2)29-14-15-8-6-5-7-9-15/h5-13,17,20-21,23H,4,14H2,1-3H3/t17-,20-,21+,23+/m0/s1. The van der Waals surface area contributed by atoms with Crippen molar-refractivity contribution < 1.29 is 33.3 Å². The van der Waals surface area contributed by atoms with Crippen LogP contribution in [0.3, 0.4) is 0 Å². The highest BCUT2D eigenvalue weighted by atomic mass is 16.7. The fourth-order valence-corrected chi connectivity index (χ4v) is 3.57. The summed E-state index contributed by atoms with van der Waals surface area (Å²) in [4.78, 5) is 24.2. The molecule has 0 spiro atoms. The van der Waals surface area contributed by atoms with Crippen LogP contribution in [0.4, 0.5) is 0 Å². The van der Waals surface area contributed by atoms with Gasteiger partial charge in [-0.25, -0.2) is 0 Å². The van der Waals surface area contributed by atoms with E-state index in [9.17, 15) is 9.59 Å². The van der Waals surface area contributed by atoms with Crippen LogP contribution in [-0.2, 0) is 30.4 Å². The molecular formula is C23H26O7. The minimum Gasteiger partial charge on any atom is -0.493 e. The van der Waals surface area contributed by atoms with Crippen LogP contribution >= 0.6 is 0 Å². The van der Waals surface area contributed by atoms with Crippen LogP contribution in [0, 0.1) is 11.8 Å². The summed E-state index contributed by atoms with van der Waals surface area (Å²) in [6.45, 7) is 2.32. The summed E-state index contributed by atoms with van der Waals surface area (Å²) in [5.41, 5.74) is 1.70. The van der Waals surface area contributed by atoms with Crippen molar-refractivity contribution in [2.24, 2.45) is 11.8 Å². The molecule has 3 rings (SSSR count). The van der Waals surface area contributed by atoms with Crippen molar-refractivity contribution in [2.75, 3.05) is 20.8 Å². The zero-order valence-electron chi connectivity index (χ0n) is 17.3. The highest BCUT2D eigenvalue weighted by molar-refractivity contribution is 5.78. The molecule has 2 aromatic rings. The molecule has 0 radical (unpaired) electrons. The molecule has 0 aromatic heterocycles. The average molecular weight is 414 g/mol. The second-order valence-electron chi connectivity index (χ2n) is 6.84. The van der Waals surface area contributed by atoms with Gasteiger partial charge in [0.1, 0.15) is 24.9 Å². The third-order valence-electron chi connectivity index (χ3n) is 5.04. The zero-order valence-corrected chi connectivity index (χ0v) is 17.3. The molecule has 160 valence electrons. The molecule has 7 heteroatoms. The third-order valence-corrected chi connectivity index (χ3v) is 5.04. The monoisotopic (exact) mass is 414 g/mol. The Labute approximate surface area is 175 Å². The van der Waals surface area contributed by atoms with Gasteiger partial charge in [-0.05, 0) is 30.2 Å². The van der Waals surface area contributed by atoms with Gasteiger partial charge in [0.2, 0.25) is 0 Å². The molecule has 0 aliphatic carbocycles. The number of hydrogen-bond donors (Lipinski definition) is 0. The maximum absolute atomic E-state index is 12.6. The van der Waals surface area contributed by atoms with Crippen LogP contribution < -0.4 is 9.47 Å². The fourth-order valence-electron chi connectivity index (χ4n) is 3.57. The second kappa shape index (κ2) is 10.2. The van der Waals surface area contributed by atoms with Crippen molar-refractivity contribution >= 4 is 12.3 Å². The fraction of sp³-hybridized carbons (Fsp3) is 0.391. The second-order valence-corrected chi connectivity index (χ2v) is 6.84. The number of benzene rings is 2. The summed E-state index contributed by atoms with van der Waals surface area (Å²) in [5.74, 6) is -1.01. The van der Waals surface area contributed by atoms with E-state index < -0.39 is 30.2 Å². The molecule has 1 aliphatic heterocycles. The van der Waals surface area contributed by atoms with Gasteiger partial charge in [-0.2, -0.15) is 0 Å². The molecule has 0 bridgehead atoms. The topological polar surface area (TPSA) is 80.3 Å². The van der Waals surface area contributed by atoms with Crippen molar-refractivity contribution in [2.45, 2.75) is 25.9 Å². The quantitative estimate of drug-likeness (QED) is 0.460. The molecule has 1 fully saturated rings. The largest absolute Gasteiger partial charge is 0.493 e. The Kier molecular flexibility index (Phi) is 7.43. The SMILES string of the molecule is CCOC(=O)[C@H]1[C@H](C=O)[C@H](OC)O[C@@H]1c1ccc(OCc2ccccc2)c(OC)c1. The zero-order chi connectivity index (χ0) is 21.5. The van der Waals surface area contributed by atoms with E-state index in [-0.39, 0.29) is 6.61 Å². The number of carbonyl (C=O) groups is 2. The Bertz CT molecular complexity index is 852. The summed E-state index contributed by atoms with van der Waals surface area (Å²) in [5, 5.41) is 0. The predicted octanol–water partition coefficient (Wildman–Crippen LogP) is 3.31. The van der Waals surface area contributed by atoms with Gasteiger partial charge in [0, 0.05) is 7.11 Å². The maximum atomic E-state index is 12.6. The number of rotatable bonds is 9. The Morgan fingerprint density at radius 2 is 1.87 bits per heavy atom. The van der Waals surface area contributed by atoms with Crippen LogP contribution in [0.1, 0.15) is 24.2 Å². The first-order valence-electron chi connectivity index (χ1n) is 9.77. The van der Waals surface area contributed by atoms with Crippen LogP contribution in [0.5, 0.6) is 11.5 Å². The number of ether oxygens (including phenoxy) is 5. The number of carbonyl (C=O) groups excluding carboxylic acids is 2. The molecule has 1 saturated heterocycles. The van der Waals surface area contributed by atoms with Gasteiger partial charge in [-0.15, -0.1) is 0 Å². The molecule has 1 heterocycles. The lowest BCUT2D eigenvalue weighted by atomic mass is 9.87. The molecule has 4 atom stereocenters. The lowest BCUT2D eigenvalue weighted by Crippen LogP contribution is -2.30. The van der Waals surface area contributed by atoms with Gasteiger partial charge in [0.05, 0.1) is 19.6 Å². The van der Waals surface area contributed by atoms with Crippen LogP contribution in [-0.4, -0.2) is 39.4 Å². The minimum atomic E-state index is -0.832. The molecule has 0 unspecified atom stereocenters. The first kappa shape index (κ1) is 21.8. The summed E-state index contributed by atoms with van der Waals surface area (Å²) < 4.78 is 27.7. The highest BCUT2D eigenvalue weighted by Crippen LogP contribution is 2.44. The van der Waals surface area contributed by atoms with Gasteiger partial charge in [-0.1, -0.05) is 36.4 Å². The summed E-state index contributed by atoms with van der Waals surface area (Å²) in [6.07, 6.45) is -0.854. The van der Waals surface area contributed by atoms with Crippen LogP contribution in [0.15, 0.2) is 48.5 Å². The predicted molar refractivity (Wildman–Crippen MR) is 108 cm³/mol. The normalized spacial score (nSPS) is 23.0. The summed E-state index contributed by atoms with van der Waals surface area (Å²) >= 11 is 0. The number of methoxy groups -OCH3 is 2. The first-order valence-corrected chi connectivity index (χ1v) is 9.77. The number of aldehydes is 1. The summed E-state index contributed by atoms with van der Waals surface area (Å²) in [7, 11) is 2.98. The van der Waals surface area contributed by atoms with E-state index in [4.69, 9.17) is 23.7 Å². The number of hydrogen-bond acceptors (Lipinski definition) is 7. The van der Waals surface area contributed by atoms with E-state index in [1.165, 1.54) is 7.11 Å². The lowest BCUT2D eigenvalue weighted by Gasteiger charge is -2.20. The van der Waals surface area contributed by atoms with Crippen molar-refractivity contribution in [1.29, 1.82) is 0 Å². The lowest BCUT2D eigenvalue weighted by molar-refractivity contribution is -0.152. The van der Waals surface area contributed by atoms with Crippen molar-refractivity contribution in [3.8, 4) is 11.5 Å². The Morgan fingerprint density at radius 1 is 1.10 bits per heavy atom. The van der Waals surface area contributed by atoms with Crippen molar-refractivity contribution in [3.05, 3.63) is 59.7 Å². The molecule has 1 aliphatic rings. The van der Waals surface area contributed by atoms with Gasteiger partial charge in [0.15, 0.2) is 17.8 Å². The molecular weight excluding hydrogens is 388 g/mol. The highest BCUT2D eigenvalue weighted by Gasteiger charge is 2.50. The van der Waals surface area contributed by atoms with Gasteiger partial charge in [-0.3, -0.25) is 4.79 Å². The van der Waals surface area contributed by atoms with E-state index in [0.29, 0.717) is 30.0 Å². The molecule has 7 nitrogen and oxygen atoms in total. The molecule has 0 N–H and O–H groups in total. The molecule has 30 heavy (non-hydrogen) atoms. The van der Waals surface area contributed by atoms with E-state index in [0.717, 1.165) is 5.56 Å². The van der Waals surface area contributed by atoms with Crippen LogP contribution in [0.2, 0.25) is 0 Å². The van der Waals surface area contributed by atoms with Crippen molar-refractivity contribution in [1.82, 2.24) is 0 Å². The number of esters is 1. The maximum Gasteiger partial charge on any atom is 0.312 e.